The second kappa shape index (κ2) is 4.99. The Hall–Kier alpha value is -1.31. The normalized spacial score (nSPS) is 21.6. The first-order valence-corrected chi connectivity index (χ1v) is 7.71. The fourth-order valence-electron chi connectivity index (χ4n) is 2.47. The lowest BCUT2D eigenvalue weighted by Gasteiger charge is -2.40. The number of nitrogen functional groups attached to an aromatic ring is 1. The molecule has 1 saturated heterocycles. The summed E-state index contributed by atoms with van der Waals surface area (Å²) < 4.78 is 22.6. The average Bonchev–Trinajstić information content (AvgIpc) is 2.28. The number of hydrogen-bond donors (Lipinski definition) is 2. The van der Waals surface area contributed by atoms with E-state index in [0.717, 1.165) is 25.3 Å². The average molecular weight is 284 g/mol. The van der Waals surface area contributed by atoms with Gasteiger partial charge in [0, 0.05) is 25.7 Å². The minimum absolute atomic E-state index is 0.0514. The topological polar surface area (TPSA) is 92.7 Å². The molecule has 106 valence electrons. The summed E-state index contributed by atoms with van der Waals surface area (Å²) in [7, 11) is -1.62. The maximum absolute atomic E-state index is 11.3. The van der Waals surface area contributed by atoms with Crippen LogP contribution in [0, 0.1) is 0 Å². The fraction of sp³-hybridized carbons (Fsp3) is 0.500. The van der Waals surface area contributed by atoms with Crippen LogP contribution in [0.4, 0.5) is 11.4 Å². The summed E-state index contributed by atoms with van der Waals surface area (Å²) in [6.45, 7) is 4.91. The van der Waals surface area contributed by atoms with Gasteiger partial charge in [-0.15, -0.1) is 0 Å². The van der Waals surface area contributed by atoms with Gasteiger partial charge in [0.15, 0.2) is 0 Å². The van der Waals surface area contributed by atoms with Crippen LogP contribution >= 0.6 is 0 Å². The first kappa shape index (κ1) is 14.1. The van der Waals surface area contributed by atoms with Gasteiger partial charge in [-0.25, -0.2) is 13.6 Å². The first-order chi connectivity index (χ1) is 8.79. The van der Waals surface area contributed by atoms with Crippen LogP contribution in [0.2, 0.25) is 0 Å². The zero-order chi connectivity index (χ0) is 14.2. The van der Waals surface area contributed by atoms with E-state index in [9.17, 15) is 8.42 Å². The molecule has 2 rings (SSSR count). The molecule has 19 heavy (non-hydrogen) atoms. The molecule has 0 spiro atoms. The third-order valence-corrected chi connectivity index (χ3v) is 4.38. The van der Waals surface area contributed by atoms with Crippen LogP contribution in [-0.4, -0.2) is 46.0 Å². The van der Waals surface area contributed by atoms with Crippen molar-refractivity contribution < 1.29 is 8.42 Å². The standard InChI is InChI=1S/C12H20N4O2S/c1-9-8-15(2)5-6-16(9)12-4-3-10(7-11(12)13)19(14,17)18/h3-4,7,9H,5-6,8,13H2,1-2H3,(H2,14,17,18). The van der Waals surface area contributed by atoms with E-state index < -0.39 is 10.0 Å². The molecule has 6 nitrogen and oxygen atoms in total. The molecule has 1 aliphatic heterocycles. The van der Waals surface area contributed by atoms with Crippen LogP contribution in [0.15, 0.2) is 23.1 Å². The highest BCUT2D eigenvalue weighted by Gasteiger charge is 2.23. The molecule has 1 unspecified atom stereocenters. The molecule has 0 aliphatic carbocycles. The number of nitrogens with two attached hydrogens (primary N) is 2. The maximum atomic E-state index is 11.3. The zero-order valence-corrected chi connectivity index (χ0v) is 12.0. The highest BCUT2D eigenvalue weighted by molar-refractivity contribution is 7.89. The lowest BCUT2D eigenvalue weighted by atomic mass is 10.1. The largest absolute Gasteiger partial charge is 0.397 e. The molecule has 1 aromatic rings. The molecule has 0 radical (unpaired) electrons. The molecule has 1 aromatic carbocycles. The second-order valence-electron chi connectivity index (χ2n) is 5.07. The number of primary sulfonamides is 1. The van der Waals surface area contributed by atoms with Crippen molar-refractivity contribution in [1.82, 2.24) is 4.90 Å². The Morgan fingerprint density at radius 3 is 2.53 bits per heavy atom. The first-order valence-electron chi connectivity index (χ1n) is 6.16. The van der Waals surface area contributed by atoms with Gasteiger partial charge in [0.2, 0.25) is 10.0 Å². The fourth-order valence-corrected chi connectivity index (χ4v) is 3.02. The minimum atomic E-state index is -3.70. The van der Waals surface area contributed by atoms with Gasteiger partial charge < -0.3 is 15.5 Å². The van der Waals surface area contributed by atoms with Crippen LogP contribution in [0.5, 0.6) is 0 Å². The number of likely N-dealkylation sites (N-methyl/N-ethyl adjacent to an activating group) is 1. The Bertz CT molecular complexity index is 573. The third-order valence-electron chi connectivity index (χ3n) is 3.47. The lowest BCUT2D eigenvalue weighted by Crippen LogP contribution is -2.50. The van der Waals surface area contributed by atoms with E-state index in [1.807, 2.05) is 0 Å². The molecule has 0 aromatic heterocycles. The number of nitrogens with zero attached hydrogens (tertiary/aromatic N) is 2. The van der Waals surface area contributed by atoms with Crippen molar-refractivity contribution in [3.63, 3.8) is 0 Å². The molecule has 4 N–H and O–H groups in total. The molecule has 0 amide bonds. The zero-order valence-electron chi connectivity index (χ0n) is 11.2. The molecule has 0 saturated carbocycles. The van der Waals surface area contributed by atoms with Gasteiger partial charge in [0.25, 0.3) is 0 Å². The van der Waals surface area contributed by atoms with Crippen molar-refractivity contribution in [3.8, 4) is 0 Å². The summed E-state index contributed by atoms with van der Waals surface area (Å²) in [5.74, 6) is 0. The number of piperazine rings is 1. The van der Waals surface area contributed by atoms with E-state index in [4.69, 9.17) is 10.9 Å². The van der Waals surface area contributed by atoms with Gasteiger partial charge in [-0.05, 0) is 32.2 Å². The highest BCUT2D eigenvalue weighted by atomic mass is 32.2. The second-order valence-corrected chi connectivity index (χ2v) is 6.63. The Morgan fingerprint density at radius 1 is 1.32 bits per heavy atom. The lowest BCUT2D eigenvalue weighted by molar-refractivity contribution is 0.276. The summed E-state index contributed by atoms with van der Waals surface area (Å²) >= 11 is 0. The van der Waals surface area contributed by atoms with Crippen molar-refractivity contribution in [1.29, 1.82) is 0 Å². The summed E-state index contributed by atoms with van der Waals surface area (Å²) in [6.07, 6.45) is 0. The Balaban J connectivity index is 2.31. The molecule has 1 aliphatic rings. The highest BCUT2D eigenvalue weighted by Crippen LogP contribution is 2.28. The number of anilines is 2. The predicted molar refractivity (Wildman–Crippen MR) is 76.5 cm³/mol. The quantitative estimate of drug-likeness (QED) is 0.749. The maximum Gasteiger partial charge on any atom is 0.238 e. The molecule has 1 fully saturated rings. The molecular weight excluding hydrogens is 264 g/mol. The molecular formula is C12H20N4O2S. The van der Waals surface area contributed by atoms with E-state index >= 15 is 0 Å². The van der Waals surface area contributed by atoms with Crippen molar-refractivity contribution in [3.05, 3.63) is 18.2 Å². The van der Waals surface area contributed by atoms with Gasteiger partial charge in [-0.3, -0.25) is 0 Å². The van der Waals surface area contributed by atoms with Crippen molar-refractivity contribution in [2.24, 2.45) is 5.14 Å². The number of sulfonamides is 1. The van der Waals surface area contributed by atoms with Crippen LogP contribution in [0.3, 0.4) is 0 Å². The molecule has 7 heteroatoms. The molecule has 1 atom stereocenters. The van der Waals surface area contributed by atoms with E-state index in [-0.39, 0.29) is 4.90 Å². The van der Waals surface area contributed by atoms with Crippen molar-refractivity contribution in [2.45, 2.75) is 17.9 Å². The molecule has 0 bridgehead atoms. The van der Waals surface area contributed by atoms with Gasteiger partial charge in [-0.2, -0.15) is 0 Å². The monoisotopic (exact) mass is 284 g/mol. The Labute approximate surface area is 114 Å². The number of rotatable bonds is 2. The van der Waals surface area contributed by atoms with Gasteiger partial charge in [-0.1, -0.05) is 0 Å². The number of hydrogen-bond acceptors (Lipinski definition) is 5. The van der Waals surface area contributed by atoms with Gasteiger partial charge in [0.05, 0.1) is 16.3 Å². The SMILES string of the molecule is CC1CN(C)CCN1c1ccc(S(N)(=O)=O)cc1N. The molecule has 1 heterocycles. The van der Waals surface area contributed by atoms with E-state index in [0.29, 0.717) is 11.7 Å². The van der Waals surface area contributed by atoms with Crippen LogP contribution < -0.4 is 15.8 Å². The minimum Gasteiger partial charge on any atom is -0.397 e. The van der Waals surface area contributed by atoms with Gasteiger partial charge in [0.1, 0.15) is 0 Å². The Morgan fingerprint density at radius 2 is 2.00 bits per heavy atom. The summed E-state index contributed by atoms with van der Waals surface area (Å²) in [4.78, 5) is 4.51. The summed E-state index contributed by atoms with van der Waals surface area (Å²) in [5.41, 5.74) is 7.29. The van der Waals surface area contributed by atoms with E-state index in [2.05, 4.69) is 23.8 Å². The van der Waals surface area contributed by atoms with Crippen molar-refractivity contribution in [2.75, 3.05) is 37.3 Å². The van der Waals surface area contributed by atoms with E-state index in [1.165, 1.54) is 12.1 Å². The van der Waals surface area contributed by atoms with Crippen LogP contribution in [-0.2, 0) is 10.0 Å². The third kappa shape index (κ3) is 2.99. The van der Waals surface area contributed by atoms with Gasteiger partial charge >= 0.3 is 0 Å². The predicted octanol–water partition coefficient (Wildman–Crippen LogP) is 0.0565. The number of benzene rings is 1. The Kier molecular flexibility index (Phi) is 3.71. The van der Waals surface area contributed by atoms with Crippen molar-refractivity contribution >= 4 is 21.4 Å². The van der Waals surface area contributed by atoms with Crippen LogP contribution in [0.1, 0.15) is 6.92 Å². The van der Waals surface area contributed by atoms with Crippen LogP contribution in [0.25, 0.3) is 0 Å². The summed E-state index contributed by atoms with van der Waals surface area (Å²) in [6, 6.07) is 5.00. The summed E-state index contributed by atoms with van der Waals surface area (Å²) in [5, 5.41) is 5.10. The van der Waals surface area contributed by atoms with E-state index in [1.54, 1.807) is 6.07 Å². The smallest absolute Gasteiger partial charge is 0.238 e.